The van der Waals surface area contributed by atoms with Crippen LogP contribution in [0.4, 0.5) is 0 Å². The molecule has 5 N–H and O–H groups in total. The molecule has 0 radical (unpaired) electrons. The summed E-state index contributed by atoms with van der Waals surface area (Å²) >= 11 is 0. The quantitative estimate of drug-likeness (QED) is 0.413. The molecule has 0 aromatic rings. The summed E-state index contributed by atoms with van der Waals surface area (Å²) in [7, 11) is 0. The minimum absolute atomic E-state index is 0.235. The molecule has 5 atom stereocenters. The van der Waals surface area contributed by atoms with Crippen LogP contribution < -0.4 is 5.73 Å². The fourth-order valence-corrected chi connectivity index (χ4v) is 1.57. The van der Waals surface area contributed by atoms with Crippen LogP contribution in [0.15, 0.2) is 0 Å². The Morgan fingerprint density at radius 2 is 1.85 bits per heavy atom. The molecule has 1 aliphatic rings. The number of hydrogen-bond acceptors (Lipinski definition) is 5. The van der Waals surface area contributed by atoms with Crippen LogP contribution in [0.25, 0.3) is 0 Å². The number of aliphatic hydroxyl groups is 3. The smallest absolute Gasteiger partial charge is 0.108 e. The highest BCUT2D eigenvalue weighted by molar-refractivity contribution is 4.93. The standard InChI is InChI=1S/C8H17NO4/c1-2-4-7(11)8(12)6(9)5(3-10)13-4/h4-8,10-12H,2-3,9H2,1H3/t4-,5?,6+,7?,8?/m0/s1. The van der Waals surface area contributed by atoms with Gasteiger partial charge in [-0.3, -0.25) is 0 Å². The van der Waals surface area contributed by atoms with Crippen molar-refractivity contribution >= 4 is 0 Å². The van der Waals surface area contributed by atoms with Crippen molar-refractivity contribution < 1.29 is 20.1 Å². The Hall–Kier alpha value is -0.200. The molecule has 3 unspecified atom stereocenters. The summed E-state index contributed by atoms with van der Waals surface area (Å²) in [5, 5.41) is 27.8. The Labute approximate surface area is 77.1 Å². The molecule has 5 nitrogen and oxygen atoms in total. The molecule has 1 saturated heterocycles. The topological polar surface area (TPSA) is 95.9 Å². The van der Waals surface area contributed by atoms with Crippen molar-refractivity contribution in [3.8, 4) is 0 Å². The molecular weight excluding hydrogens is 174 g/mol. The predicted octanol–water partition coefficient (Wildman–Crippen LogP) is -1.79. The van der Waals surface area contributed by atoms with Gasteiger partial charge in [-0.25, -0.2) is 0 Å². The molecule has 1 heterocycles. The van der Waals surface area contributed by atoms with E-state index in [1.54, 1.807) is 0 Å². The average Bonchev–Trinajstić information content (AvgIpc) is 2.15. The summed E-state index contributed by atoms with van der Waals surface area (Å²) in [6.07, 6.45) is -2.41. The highest BCUT2D eigenvalue weighted by atomic mass is 16.5. The number of ether oxygens (including phenoxy) is 1. The highest BCUT2D eigenvalue weighted by Gasteiger charge is 2.41. The molecule has 0 saturated carbocycles. The maximum absolute atomic E-state index is 9.48. The molecule has 0 aliphatic carbocycles. The number of hydrogen-bond donors (Lipinski definition) is 4. The van der Waals surface area contributed by atoms with Crippen LogP contribution in [0.1, 0.15) is 13.3 Å². The molecular formula is C8H17NO4. The molecule has 78 valence electrons. The van der Waals surface area contributed by atoms with Gasteiger partial charge in [-0.05, 0) is 6.42 Å². The molecule has 0 aromatic carbocycles. The van der Waals surface area contributed by atoms with Gasteiger partial charge >= 0.3 is 0 Å². The van der Waals surface area contributed by atoms with Crippen molar-refractivity contribution in [2.75, 3.05) is 6.61 Å². The van der Waals surface area contributed by atoms with E-state index >= 15 is 0 Å². The van der Waals surface area contributed by atoms with E-state index < -0.39 is 30.5 Å². The Morgan fingerprint density at radius 1 is 1.23 bits per heavy atom. The van der Waals surface area contributed by atoms with E-state index in [0.717, 1.165) is 0 Å². The van der Waals surface area contributed by atoms with Gasteiger partial charge in [0, 0.05) is 0 Å². The lowest BCUT2D eigenvalue weighted by molar-refractivity contribution is -0.187. The molecule has 0 spiro atoms. The second kappa shape index (κ2) is 4.34. The first-order valence-electron chi connectivity index (χ1n) is 4.49. The van der Waals surface area contributed by atoms with Crippen LogP contribution in [-0.2, 0) is 4.74 Å². The summed E-state index contributed by atoms with van der Waals surface area (Å²) in [6.45, 7) is 1.60. The lowest BCUT2D eigenvalue weighted by Crippen LogP contribution is -2.61. The molecule has 5 heteroatoms. The van der Waals surface area contributed by atoms with Crippen LogP contribution in [0.5, 0.6) is 0 Å². The van der Waals surface area contributed by atoms with Crippen LogP contribution in [-0.4, -0.2) is 52.4 Å². The largest absolute Gasteiger partial charge is 0.394 e. The zero-order valence-corrected chi connectivity index (χ0v) is 7.63. The maximum Gasteiger partial charge on any atom is 0.108 e. The summed E-state index contributed by atoms with van der Waals surface area (Å²) < 4.78 is 5.29. The molecule has 1 aliphatic heterocycles. The fourth-order valence-electron chi connectivity index (χ4n) is 1.57. The van der Waals surface area contributed by atoms with Gasteiger partial charge in [-0.15, -0.1) is 0 Å². The lowest BCUT2D eigenvalue weighted by Gasteiger charge is -2.40. The second-order valence-electron chi connectivity index (χ2n) is 3.36. The zero-order chi connectivity index (χ0) is 10.0. The molecule has 0 amide bonds. The Morgan fingerprint density at radius 3 is 2.31 bits per heavy atom. The third kappa shape index (κ3) is 2.00. The van der Waals surface area contributed by atoms with Crippen LogP contribution in [0.2, 0.25) is 0 Å². The minimum Gasteiger partial charge on any atom is -0.394 e. The molecule has 0 aromatic heterocycles. The Balaban J connectivity index is 2.66. The molecule has 1 fully saturated rings. The predicted molar refractivity (Wildman–Crippen MR) is 46.0 cm³/mol. The molecule has 13 heavy (non-hydrogen) atoms. The van der Waals surface area contributed by atoms with Crippen molar-refractivity contribution in [1.82, 2.24) is 0 Å². The normalized spacial score (nSPS) is 46.4. The Kier molecular flexibility index (Phi) is 3.63. The third-order valence-electron chi connectivity index (χ3n) is 2.49. The van der Waals surface area contributed by atoms with E-state index in [9.17, 15) is 10.2 Å². The van der Waals surface area contributed by atoms with Gasteiger partial charge in [0.15, 0.2) is 0 Å². The van der Waals surface area contributed by atoms with E-state index in [2.05, 4.69) is 0 Å². The van der Waals surface area contributed by atoms with Crippen molar-refractivity contribution in [3.05, 3.63) is 0 Å². The molecule has 0 bridgehead atoms. The summed E-state index contributed by atoms with van der Waals surface area (Å²) in [6, 6.07) is -0.720. The maximum atomic E-state index is 9.48. The van der Waals surface area contributed by atoms with Crippen LogP contribution >= 0.6 is 0 Å². The van der Waals surface area contributed by atoms with Gasteiger partial charge in [0.1, 0.15) is 12.2 Å². The van der Waals surface area contributed by atoms with E-state index in [1.165, 1.54) is 0 Å². The van der Waals surface area contributed by atoms with Gasteiger partial charge in [0.2, 0.25) is 0 Å². The van der Waals surface area contributed by atoms with Gasteiger partial charge in [0.25, 0.3) is 0 Å². The van der Waals surface area contributed by atoms with Gasteiger partial charge in [-0.2, -0.15) is 0 Å². The van der Waals surface area contributed by atoms with Gasteiger partial charge in [-0.1, -0.05) is 6.92 Å². The SMILES string of the molecule is CC[C@@H]1OC(CO)[C@@H](N)C(O)C1O. The number of aliphatic hydroxyl groups excluding tert-OH is 3. The first kappa shape index (κ1) is 10.9. The monoisotopic (exact) mass is 191 g/mol. The van der Waals surface area contributed by atoms with Crippen molar-refractivity contribution in [3.63, 3.8) is 0 Å². The summed E-state index contributed by atoms with van der Waals surface area (Å²) in [5.74, 6) is 0. The van der Waals surface area contributed by atoms with Crippen molar-refractivity contribution in [2.45, 2.75) is 43.8 Å². The van der Waals surface area contributed by atoms with Crippen molar-refractivity contribution in [1.29, 1.82) is 0 Å². The van der Waals surface area contributed by atoms with Crippen LogP contribution in [0, 0.1) is 0 Å². The van der Waals surface area contributed by atoms with E-state index in [0.29, 0.717) is 6.42 Å². The first-order valence-corrected chi connectivity index (χ1v) is 4.49. The second-order valence-corrected chi connectivity index (χ2v) is 3.36. The number of rotatable bonds is 2. The summed E-state index contributed by atoms with van der Waals surface area (Å²) in [4.78, 5) is 0. The fraction of sp³-hybridized carbons (Fsp3) is 1.00. The Bertz CT molecular complexity index is 146. The van der Waals surface area contributed by atoms with Crippen molar-refractivity contribution in [2.24, 2.45) is 5.73 Å². The van der Waals surface area contributed by atoms with Crippen LogP contribution in [0.3, 0.4) is 0 Å². The zero-order valence-electron chi connectivity index (χ0n) is 7.63. The van der Waals surface area contributed by atoms with E-state index in [-0.39, 0.29) is 6.61 Å². The van der Waals surface area contributed by atoms with Gasteiger partial charge < -0.3 is 25.8 Å². The first-order chi connectivity index (χ1) is 6.11. The van der Waals surface area contributed by atoms with E-state index in [4.69, 9.17) is 15.6 Å². The summed E-state index contributed by atoms with van der Waals surface area (Å²) in [5.41, 5.74) is 5.55. The third-order valence-corrected chi connectivity index (χ3v) is 2.49. The number of nitrogens with two attached hydrogens (primary N) is 1. The molecule has 1 rings (SSSR count). The minimum atomic E-state index is -1.02. The average molecular weight is 191 g/mol. The van der Waals surface area contributed by atoms with Gasteiger partial charge in [0.05, 0.1) is 24.9 Å². The lowest BCUT2D eigenvalue weighted by atomic mass is 9.92. The van der Waals surface area contributed by atoms with E-state index in [1.807, 2.05) is 6.92 Å². The highest BCUT2D eigenvalue weighted by Crippen LogP contribution is 2.21.